The third-order valence-corrected chi connectivity index (χ3v) is 4.14. The molecule has 0 saturated carbocycles. The van der Waals surface area contributed by atoms with Gasteiger partial charge in [-0.1, -0.05) is 12.1 Å². The standard InChI is InChI=1S/C16H24FNO/c1-12(2)18-9-8-16(19-3)14(11-18)10-13-4-6-15(17)7-5-13/h4-7,12,14,16H,8-11H2,1-3H3/t14-,16-/m1/s1. The van der Waals surface area contributed by atoms with Crippen LogP contribution < -0.4 is 0 Å². The van der Waals surface area contributed by atoms with Crippen LogP contribution in [0.1, 0.15) is 25.8 Å². The number of rotatable bonds is 4. The topological polar surface area (TPSA) is 12.5 Å². The van der Waals surface area contributed by atoms with Gasteiger partial charge in [-0.3, -0.25) is 0 Å². The molecule has 1 aliphatic heterocycles. The second-order valence-electron chi connectivity index (χ2n) is 5.74. The molecule has 0 unspecified atom stereocenters. The normalized spacial score (nSPS) is 24.9. The van der Waals surface area contributed by atoms with Gasteiger partial charge in [0.05, 0.1) is 6.10 Å². The van der Waals surface area contributed by atoms with E-state index < -0.39 is 0 Å². The lowest BCUT2D eigenvalue weighted by Crippen LogP contribution is -2.47. The maximum absolute atomic E-state index is 12.9. The van der Waals surface area contributed by atoms with Crippen molar-refractivity contribution in [2.75, 3.05) is 20.2 Å². The molecule has 0 amide bonds. The highest BCUT2D eigenvalue weighted by Crippen LogP contribution is 2.25. The van der Waals surface area contributed by atoms with Crippen LogP contribution in [-0.2, 0) is 11.2 Å². The van der Waals surface area contributed by atoms with Gasteiger partial charge in [-0.05, 0) is 44.4 Å². The van der Waals surface area contributed by atoms with Crippen molar-refractivity contribution >= 4 is 0 Å². The fraction of sp³-hybridized carbons (Fsp3) is 0.625. The molecule has 106 valence electrons. The van der Waals surface area contributed by atoms with Crippen LogP contribution in [0.15, 0.2) is 24.3 Å². The molecule has 0 spiro atoms. The summed E-state index contributed by atoms with van der Waals surface area (Å²) in [6, 6.07) is 7.43. The Bertz CT molecular complexity index is 390. The number of benzene rings is 1. The van der Waals surface area contributed by atoms with Gasteiger partial charge in [0.15, 0.2) is 0 Å². The molecule has 19 heavy (non-hydrogen) atoms. The van der Waals surface area contributed by atoms with E-state index in [1.165, 1.54) is 5.56 Å². The van der Waals surface area contributed by atoms with Gasteiger partial charge in [-0.25, -0.2) is 4.39 Å². The molecule has 1 fully saturated rings. The van der Waals surface area contributed by atoms with Gasteiger partial charge < -0.3 is 9.64 Å². The Morgan fingerprint density at radius 3 is 2.58 bits per heavy atom. The van der Waals surface area contributed by atoms with E-state index in [1.807, 2.05) is 12.1 Å². The molecule has 0 N–H and O–H groups in total. The van der Waals surface area contributed by atoms with Crippen molar-refractivity contribution in [3.8, 4) is 0 Å². The minimum atomic E-state index is -0.167. The Hall–Kier alpha value is -0.930. The maximum Gasteiger partial charge on any atom is 0.123 e. The Morgan fingerprint density at radius 2 is 2.00 bits per heavy atom. The molecule has 0 radical (unpaired) electrons. The van der Waals surface area contributed by atoms with Crippen molar-refractivity contribution < 1.29 is 9.13 Å². The number of piperidine rings is 1. The number of hydrogen-bond acceptors (Lipinski definition) is 2. The number of halogens is 1. The average Bonchev–Trinajstić information content (AvgIpc) is 2.41. The molecule has 0 aromatic heterocycles. The van der Waals surface area contributed by atoms with Crippen molar-refractivity contribution in [3.05, 3.63) is 35.6 Å². The van der Waals surface area contributed by atoms with E-state index in [4.69, 9.17) is 4.74 Å². The molecule has 1 aromatic rings. The Balaban J connectivity index is 2.03. The highest BCUT2D eigenvalue weighted by atomic mass is 19.1. The van der Waals surface area contributed by atoms with Crippen LogP contribution in [0.2, 0.25) is 0 Å². The minimum Gasteiger partial charge on any atom is -0.381 e. The first-order chi connectivity index (χ1) is 9.10. The van der Waals surface area contributed by atoms with Crippen LogP contribution in [-0.4, -0.2) is 37.2 Å². The summed E-state index contributed by atoms with van der Waals surface area (Å²) in [4.78, 5) is 2.50. The molecular weight excluding hydrogens is 241 g/mol. The Kier molecular flexibility index (Phi) is 4.94. The Morgan fingerprint density at radius 1 is 1.32 bits per heavy atom. The van der Waals surface area contributed by atoms with E-state index in [-0.39, 0.29) is 5.82 Å². The monoisotopic (exact) mass is 265 g/mol. The zero-order chi connectivity index (χ0) is 13.8. The summed E-state index contributed by atoms with van der Waals surface area (Å²) in [6.07, 6.45) is 2.36. The van der Waals surface area contributed by atoms with E-state index in [9.17, 15) is 4.39 Å². The second kappa shape index (κ2) is 6.49. The van der Waals surface area contributed by atoms with E-state index in [0.29, 0.717) is 18.1 Å². The molecule has 0 aliphatic carbocycles. The minimum absolute atomic E-state index is 0.167. The molecule has 2 rings (SSSR count). The summed E-state index contributed by atoms with van der Waals surface area (Å²) in [7, 11) is 1.80. The first-order valence-electron chi connectivity index (χ1n) is 7.11. The van der Waals surface area contributed by atoms with Crippen LogP contribution in [0.5, 0.6) is 0 Å². The molecular formula is C16H24FNO. The number of ether oxygens (including phenoxy) is 1. The van der Waals surface area contributed by atoms with Gasteiger partial charge in [0.2, 0.25) is 0 Å². The summed E-state index contributed by atoms with van der Waals surface area (Å²) in [5, 5.41) is 0. The lowest BCUT2D eigenvalue weighted by Gasteiger charge is -2.40. The Labute approximate surface area is 115 Å². The zero-order valence-corrected chi connectivity index (χ0v) is 12.1. The first-order valence-corrected chi connectivity index (χ1v) is 7.11. The summed E-state index contributed by atoms with van der Waals surface area (Å²) in [5.74, 6) is 0.325. The molecule has 2 atom stereocenters. The van der Waals surface area contributed by atoms with Crippen molar-refractivity contribution in [1.29, 1.82) is 0 Å². The predicted octanol–water partition coefficient (Wildman–Crippen LogP) is 3.11. The lowest BCUT2D eigenvalue weighted by atomic mass is 9.88. The molecule has 2 nitrogen and oxygen atoms in total. The first kappa shape index (κ1) is 14.5. The third kappa shape index (κ3) is 3.77. The summed E-state index contributed by atoms with van der Waals surface area (Å²) < 4.78 is 18.6. The summed E-state index contributed by atoms with van der Waals surface area (Å²) in [5.41, 5.74) is 1.19. The molecule has 0 bridgehead atoms. The second-order valence-corrected chi connectivity index (χ2v) is 5.74. The van der Waals surface area contributed by atoms with E-state index in [0.717, 1.165) is 25.9 Å². The van der Waals surface area contributed by atoms with Gasteiger partial charge in [-0.2, -0.15) is 0 Å². The van der Waals surface area contributed by atoms with Crippen molar-refractivity contribution in [3.63, 3.8) is 0 Å². The van der Waals surface area contributed by atoms with Crippen LogP contribution in [0.3, 0.4) is 0 Å². The van der Waals surface area contributed by atoms with Crippen molar-refractivity contribution in [2.24, 2.45) is 5.92 Å². The quantitative estimate of drug-likeness (QED) is 0.829. The predicted molar refractivity (Wildman–Crippen MR) is 75.7 cm³/mol. The smallest absolute Gasteiger partial charge is 0.123 e. The highest BCUT2D eigenvalue weighted by molar-refractivity contribution is 5.17. The number of methoxy groups -OCH3 is 1. The van der Waals surface area contributed by atoms with E-state index in [1.54, 1.807) is 19.2 Å². The van der Waals surface area contributed by atoms with Crippen molar-refractivity contribution in [2.45, 2.75) is 38.8 Å². The van der Waals surface area contributed by atoms with E-state index in [2.05, 4.69) is 18.7 Å². The third-order valence-electron chi connectivity index (χ3n) is 4.14. The van der Waals surface area contributed by atoms with Crippen LogP contribution >= 0.6 is 0 Å². The lowest BCUT2D eigenvalue weighted by molar-refractivity contribution is -0.0143. The van der Waals surface area contributed by atoms with Gasteiger partial charge in [0.1, 0.15) is 5.82 Å². The van der Waals surface area contributed by atoms with Crippen LogP contribution in [0.4, 0.5) is 4.39 Å². The molecule has 1 aromatic carbocycles. The van der Waals surface area contributed by atoms with Crippen LogP contribution in [0, 0.1) is 11.7 Å². The van der Waals surface area contributed by atoms with Gasteiger partial charge in [-0.15, -0.1) is 0 Å². The summed E-state index contributed by atoms with van der Waals surface area (Å²) >= 11 is 0. The number of likely N-dealkylation sites (tertiary alicyclic amines) is 1. The van der Waals surface area contributed by atoms with E-state index >= 15 is 0 Å². The van der Waals surface area contributed by atoms with Gasteiger partial charge >= 0.3 is 0 Å². The van der Waals surface area contributed by atoms with Crippen molar-refractivity contribution in [1.82, 2.24) is 4.90 Å². The number of hydrogen-bond donors (Lipinski definition) is 0. The molecule has 3 heteroatoms. The molecule has 1 aliphatic rings. The number of nitrogens with zero attached hydrogens (tertiary/aromatic N) is 1. The highest BCUT2D eigenvalue weighted by Gasteiger charge is 2.30. The fourth-order valence-corrected chi connectivity index (χ4v) is 2.94. The molecule has 1 heterocycles. The zero-order valence-electron chi connectivity index (χ0n) is 12.1. The largest absolute Gasteiger partial charge is 0.381 e. The van der Waals surface area contributed by atoms with Crippen LogP contribution in [0.25, 0.3) is 0 Å². The van der Waals surface area contributed by atoms with Gasteiger partial charge in [0, 0.05) is 32.2 Å². The summed E-state index contributed by atoms with van der Waals surface area (Å²) in [6.45, 7) is 6.65. The average molecular weight is 265 g/mol. The van der Waals surface area contributed by atoms with Gasteiger partial charge in [0.25, 0.3) is 0 Å². The maximum atomic E-state index is 12.9. The fourth-order valence-electron chi connectivity index (χ4n) is 2.94. The SMILES string of the molecule is CO[C@@H]1CCN(C(C)C)C[C@H]1Cc1ccc(F)cc1. The molecule has 1 saturated heterocycles.